The molecule has 0 saturated heterocycles. The predicted molar refractivity (Wildman–Crippen MR) is 55.9 cm³/mol. The average molecular weight is 206 g/mol. The first kappa shape index (κ1) is 9.46. The maximum absolute atomic E-state index is 11.2. The molecule has 0 amide bonds. The highest BCUT2D eigenvalue weighted by Gasteiger charge is 2.16. The number of carbonyl (C=O) groups excluding carboxylic acids is 2. The van der Waals surface area contributed by atoms with Gasteiger partial charge in [0.2, 0.25) is 0 Å². The van der Waals surface area contributed by atoms with E-state index in [0.717, 1.165) is 10.5 Å². The molecule has 0 bridgehead atoms. The van der Waals surface area contributed by atoms with Crippen LogP contribution < -0.4 is 0 Å². The second kappa shape index (κ2) is 3.58. The van der Waals surface area contributed by atoms with E-state index in [1.54, 1.807) is 18.7 Å². The second-order valence-electron chi connectivity index (χ2n) is 3.38. The van der Waals surface area contributed by atoms with Crippen LogP contribution in [0, 0.1) is 0 Å². The van der Waals surface area contributed by atoms with E-state index in [2.05, 4.69) is 0 Å². The van der Waals surface area contributed by atoms with E-state index in [1.165, 1.54) is 0 Å². The van der Waals surface area contributed by atoms with Crippen LogP contribution in [0.1, 0.15) is 22.8 Å². The smallest absolute Gasteiger partial charge is 0.159 e. The van der Waals surface area contributed by atoms with Crippen LogP contribution in [0.5, 0.6) is 0 Å². The molecule has 0 N–H and O–H groups in total. The minimum Gasteiger partial charge on any atom is -0.298 e. The number of rotatable bonds is 1. The summed E-state index contributed by atoms with van der Waals surface area (Å²) in [4.78, 5) is 23.5. The molecule has 3 heteroatoms. The summed E-state index contributed by atoms with van der Waals surface area (Å²) in [6.45, 7) is 1.54. The number of carbonyl (C=O) groups is 2. The summed E-state index contributed by atoms with van der Waals surface area (Å²) in [5.74, 6) is 0.853. The molecular weight excluding hydrogens is 196 g/mol. The summed E-state index contributed by atoms with van der Waals surface area (Å²) in [5.41, 5.74) is 1.69. The normalized spacial score (nSPS) is 15.1. The molecule has 0 atom stereocenters. The van der Waals surface area contributed by atoms with Gasteiger partial charge in [-0.2, -0.15) is 0 Å². The molecule has 1 aliphatic rings. The SMILES string of the molecule is CC(=O)c1ccc2c(c1)CC(=O)CS2. The Hall–Kier alpha value is -1.09. The third-order valence-corrected chi connectivity index (χ3v) is 3.42. The van der Waals surface area contributed by atoms with Crippen molar-refractivity contribution in [3.63, 3.8) is 0 Å². The van der Waals surface area contributed by atoms with Crippen molar-refractivity contribution < 1.29 is 9.59 Å². The third kappa shape index (κ3) is 1.73. The first-order valence-corrected chi connectivity index (χ1v) is 5.44. The third-order valence-electron chi connectivity index (χ3n) is 2.24. The Bertz CT molecular complexity index is 410. The summed E-state index contributed by atoms with van der Waals surface area (Å²) < 4.78 is 0. The molecular formula is C11H10O2S. The van der Waals surface area contributed by atoms with Gasteiger partial charge in [-0.3, -0.25) is 9.59 Å². The number of fused-ring (bicyclic) bond motifs is 1. The molecule has 14 heavy (non-hydrogen) atoms. The van der Waals surface area contributed by atoms with Gasteiger partial charge in [0, 0.05) is 16.9 Å². The van der Waals surface area contributed by atoms with E-state index in [0.29, 0.717) is 17.7 Å². The van der Waals surface area contributed by atoms with Gasteiger partial charge in [-0.1, -0.05) is 6.07 Å². The maximum Gasteiger partial charge on any atom is 0.159 e. The molecule has 0 unspecified atom stereocenters. The van der Waals surface area contributed by atoms with Crippen molar-refractivity contribution in [2.75, 3.05) is 5.75 Å². The number of hydrogen-bond donors (Lipinski definition) is 0. The Labute approximate surface area is 86.7 Å². The van der Waals surface area contributed by atoms with Crippen LogP contribution in [0.3, 0.4) is 0 Å². The van der Waals surface area contributed by atoms with Crippen LogP contribution in [0.4, 0.5) is 0 Å². The lowest BCUT2D eigenvalue weighted by Gasteiger charge is -2.14. The van der Waals surface area contributed by atoms with Crippen molar-refractivity contribution in [1.82, 2.24) is 0 Å². The second-order valence-corrected chi connectivity index (χ2v) is 4.40. The number of ketones is 2. The quantitative estimate of drug-likeness (QED) is 0.660. The van der Waals surface area contributed by atoms with Crippen molar-refractivity contribution in [1.29, 1.82) is 0 Å². The monoisotopic (exact) mass is 206 g/mol. The molecule has 1 aromatic rings. The Morgan fingerprint density at radius 1 is 1.43 bits per heavy atom. The average Bonchev–Trinajstić information content (AvgIpc) is 2.16. The lowest BCUT2D eigenvalue weighted by Crippen LogP contribution is -2.12. The molecule has 0 saturated carbocycles. The van der Waals surface area contributed by atoms with Crippen LogP contribution in [0.25, 0.3) is 0 Å². The minimum absolute atomic E-state index is 0.0517. The zero-order valence-electron chi connectivity index (χ0n) is 7.87. The molecule has 1 aliphatic heterocycles. The Morgan fingerprint density at radius 3 is 2.93 bits per heavy atom. The summed E-state index contributed by atoms with van der Waals surface area (Å²) in [6.07, 6.45) is 0.476. The molecule has 0 spiro atoms. The lowest BCUT2D eigenvalue weighted by molar-refractivity contribution is -0.116. The van der Waals surface area contributed by atoms with Crippen molar-refractivity contribution >= 4 is 23.3 Å². The molecule has 2 rings (SSSR count). The Kier molecular flexibility index (Phi) is 2.42. The van der Waals surface area contributed by atoms with E-state index < -0.39 is 0 Å². The standard InChI is InChI=1S/C11H10O2S/c1-7(12)8-2-3-11-9(4-8)5-10(13)6-14-11/h2-4H,5-6H2,1H3. The summed E-state index contributed by atoms with van der Waals surface area (Å²) in [6, 6.07) is 5.59. The van der Waals surface area contributed by atoms with Gasteiger partial charge in [0.15, 0.2) is 5.78 Å². The number of benzene rings is 1. The van der Waals surface area contributed by atoms with Gasteiger partial charge in [0.25, 0.3) is 0 Å². The molecule has 0 aromatic heterocycles. The van der Waals surface area contributed by atoms with E-state index in [9.17, 15) is 9.59 Å². The van der Waals surface area contributed by atoms with E-state index in [4.69, 9.17) is 0 Å². The summed E-state index contributed by atoms with van der Waals surface area (Å²) >= 11 is 1.56. The molecule has 72 valence electrons. The maximum atomic E-state index is 11.2. The zero-order chi connectivity index (χ0) is 10.1. The Morgan fingerprint density at radius 2 is 2.21 bits per heavy atom. The van der Waals surface area contributed by atoms with Crippen molar-refractivity contribution in [2.24, 2.45) is 0 Å². The van der Waals surface area contributed by atoms with E-state index >= 15 is 0 Å². The zero-order valence-corrected chi connectivity index (χ0v) is 8.69. The highest BCUT2D eigenvalue weighted by atomic mass is 32.2. The fraction of sp³-hybridized carbons (Fsp3) is 0.273. The molecule has 0 fully saturated rings. The fourth-order valence-electron chi connectivity index (χ4n) is 1.50. The highest BCUT2D eigenvalue weighted by molar-refractivity contribution is 8.00. The first-order valence-electron chi connectivity index (χ1n) is 4.45. The van der Waals surface area contributed by atoms with Crippen LogP contribution in [0.15, 0.2) is 23.1 Å². The molecule has 0 radical (unpaired) electrons. The van der Waals surface area contributed by atoms with Crippen LogP contribution in [0.2, 0.25) is 0 Å². The van der Waals surface area contributed by atoms with Gasteiger partial charge in [-0.15, -0.1) is 11.8 Å². The van der Waals surface area contributed by atoms with Gasteiger partial charge >= 0.3 is 0 Å². The molecule has 0 aliphatic carbocycles. The summed E-state index contributed by atoms with van der Waals surface area (Å²) in [7, 11) is 0. The van der Waals surface area contributed by atoms with E-state index in [1.807, 2.05) is 18.2 Å². The van der Waals surface area contributed by atoms with Gasteiger partial charge in [0.05, 0.1) is 5.75 Å². The van der Waals surface area contributed by atoms with Gasteiger partial charge in [-0.25, -0.2) is 0 Å². The largest absolute Gasteiger partial charge is 0.298 e. The van der Waals surface area contributed by atoms with Gasteiger partial charge in [-0.05, 0) is 24.6 Å². The Balaban J connectivity index is 2.42. The topological polar surface area (TPSA) is 34.1 Å². The van der Waals surface area contributed by atoms with E-state index in [-0.39, 0.29) is 11.6 Å². The first-order chi connectivity index (χ1) is 6.66. The van der Waals surface area contributed by atoms with Gasteiger partial charge in [0.1, 0.15) is 5.78 Å². The van der Waals surface area contributed by atoms with Gasteiger partial charge < -0.3 is 0 Å². The highest BCUT2D eigenvalue weighted by Crippen LogP contribution is 2.29. The van der Waals surface area contributed by atoms with Crippen molar-refractivity contribution in [3.8, 4) is 0 Å². The number of Topliss-reactive ketones (excluding diaryl/α,β-unsaturated/α-hetero) is 2. The fourth-order valence-corrected chi connectivity index (χ4v) is 2.40. The van der Waals surface area contributed by atoms with Crippen molar-refractivity contribution in [3.05, 3.63) is 29.3 Å². The minimum atomic E-state index is 0.0517. The van der Waals surface area contributed by atoms with Crippen LogP contribution in [-0.2, 0) is 11.2 Å². The molecule has 1 aromatic carbocycles. The lowest BCUT2D eigenvalue weighted by atomic mass is 10.0. The number of thioether (sulfide) groups is 1. The molecule has 2 nitrogen and oxygen atoms in total. The van der Waals surface area contributed by atoms with Crippen LogP contribution in [-0.4, -0.2) is 17.3 Å². The van der Waals surface area contributed by atoms with Crippen LogP contribution >= 0.6 is 11.8 Å². The predicted octanol–water partition coefficient (Wildman–Crippen LogP) is 2.11. The summed E-state index contributed by atoms with van der Waals surface area (Å²) in [5, 5.41) is 0. The molecule has 1 heterocycles. The number of hydrogen-bond acceptors (Lipinski definition) is 3. The van der Waals surface area contributed by atoms with Crippen molar-refractivity contribution in [2.45, 2.75) is 18.2 Å².